The number of nitrogens with one attached hydrogen (secondary N) is 1. The molecule has 3 rings (SSSR count). The Bertz CT molecular complexity index is 1020. The molecule has 0 spiro atoms. The molecule has 1 amide bonds. The molecule has 0 aromatic heterocycles. The van der Waals surface area contributed by atoms with Gasteiger partial charge < -0.3 is 14.2 Å². The molecule has 7 heteroatoms. The summed E-state index contributed by atoms with van der Waals surface area (Å²) in [6, 6.07) is 17.0. The van der Waals surface area contributed by atoms with Crippen LogP contribution in [0.1, 0.15) is 5.56 Å². The van der Waals surface area contributed by atoms with Crippen LogP contribution in [0.4, 0.5) is 0 Å². The third-order valence-electron chi connectivity index (χ3n) is 4.00. The predicted molar refractivity (Wildman–Crippen MR) is 112 cm³/mol. The van der Waals surface area contributed by atoms with E-state index in [2.05, 4.69) is 26.5 Å². The number of hydrogen-bond donors (Lipinski definition) is 1. The van der Waals surface area contributed by atoms with Crippen molar-refractivity contribution in [2.24, 2.45) is 5.10 Å². The lowest BCUT2D eigenvalue weighted by molar-refractivity contribution is -0.123. The molecule has 6 nitrogen and oxygen atoms in total. The summed E-state index contributed by atoms with van der Waals surface area (Å²) in [4.78, 5) is 12.0. The molecule has 0 radical (unpaired) electrons. The highest BCUT2D eigenvalue weighted by molar-refractivity contribution is 9.10. The van der Waals surface area contributed by atoms with Crippen LogP contribution < -0.4 is 19.6 Å². The Morgan fingerprint density at radius 2 is 1.79 bits per heavy atom. The highest BCUT2D eigenvalue weighted by atomic mass is 79.9. The molecular formula is C21H19BrN2O4. The quantitative estimate of drug-likeness (QED) is 0.440. The molecule has 0 aliphatic rings. The zero-order valence-electron chi connectivity index (χ0n) is 15.4. The Labute approximate surface area is 171 Å². The first-order valence-electron chi connectivity index (χ1n) is 8.46. The number of benzene rings is 3. The van der Waals surface area contributed by atoms with E-state index in [1.807, 2.05) is 36.4 Å². The van der Waals surface area contributed by atoms with Crippen LogP contribution in [0.25, 0.3) is 10.8 Å². The van der Waals surface area contributed by atoms with Gasteiger partial charge in [0.2, 0.25) is 0 Å². The van der Waals surface area contributed by atoms with Crippen molar-refractivity contribution in [2.75, 3.05) is 20.8 Å². The summed E-state index contributed by atoms with van der Waals surface area (Å²) in [5.74, 6) is 1.44. The number of carbonyl (C=O) groups is 1. The van der Waals surface area contributed by atoms with Gasteiger partial charge in [-0.05, 0) is 56.5 Å². The van der Waals surface area contributed by atoms with Crippen LogP contribution in [0.3, 0.4) is 0 Å². The zero-order chi connectivity index (χ0) is 19.9. The van der Waals surface area contributed by atoms with Crippen molar-refractivity contribution in [2.45, 2.75) is 0 Å². The molecule has 0 saturated carbocycles. The number of rotatable bonds is 7. The van der Waals surface area contributed by atoms with Crippen LogP contribution in [-0.4, -0.2) is 32.9 Å². The highest BCUT2D eigenvalue weighted by Gasteiger charge is 2.08. The molecule has 3 aromatic rings. The minimum absolute atomic E-state index is 0.153. The summed E-state index contributed by atoms with van der Waals surface area (Å²) in [6.07, 6.45) is 1.52. The number of hydrazone groups is 1. The number of amides is 1. The number of nitrogens with zero attached hydrogens (tertiary/aromatic N) is 1. The lowest BCUT2D eigenvalue weighted by atomic mass is 10.1. The normalized spacial score (nSPS) is 10.8. The van der Waals surface area contributed by atoms with E-state index in [0.29, 0.717) is 17.2 Å². The minimum Gasteiger partial charge on any atom is -0.493 e. The van der Waals surface area contributed by atoms with Gasteiger partial charge >= 0.3 is 0 Å². The Morgan fingerprint density at radius 1 is 1.04 bits per heavy atom. The molecule has 1 N–H and O–H groups in total. The Morgan fingerprint density at radius 3 is 2.57 bits per heavy atom. The van der Waals surface area contributed by atoms with E-state index in [1.165, 1.54) is 6.21 Å². The highest BCUT2D eigenvalue weighted by Crippen LogP contribution is 2.33. The van der Waals surface area contributed by atoms with E-state index in [4.69, 9.17) is 14.2 Å². The first-order valence-corrected chi connectivity index (χ1v) is 9.25. The second-order valence-electron chi connectivity index (χ2n) is 5.80. The van der Waals surface area contributed by atoms with Crippen molar-refractivity contribution in [3.8, 4) is 17.2 Å². The molecule has 0 unspecified atom stereocenters. The maximum absolute atomic E-state index is 12.0. The molecule has 0 heterocycles. The smallest absolute Gasteiger partial charge is 0.277 e. The van der Waals surface area contributed by atoms with Crippen LogP contribution in [0, 0.1) is 0 Å². The van der Waals surface area contributed by atoms with Gasteiger partial charge in [0.25, 0.3) is 5.91 Å². The van der Waals surface area contributed by atoms with Crippen LogP contribution in [0.2, 0.25) is 0 Å². The lowest BCUT2D eigenvalue weighted by Gasteiger charge is -2.09. The maximum Gasteiger partial charge on any atom is 0.277 e. The second-order valence-corrected chi connectivity index (χ2v) is 6.59. The Hall–Kier alpha value is -3.06. The largest absolute Gasteiger partial charge is 0.493 e. The van der Waals surface area contributed by atoms with Gasteiger partial charge in [-0.2, -0.15) is 5.10 Å². The molecule has 144 valence electrons. The van der Waals surface area contributed by atoms with Gasteiger partial charge in [0.1, 0.15) is 5.75 Å². The topological polar surface area (TPSA) is 69.2 Å². The molecular weight excluding hydrogens is 424 g/mol. The average molecular weight is 443 g/mol. The minimum atomic E-state index is -0.364. The van der Waals surface area contributed by atoms with Gasteiger partial charge in [-0.3, -0.25) is 4.79 Å². The summed E-state index contributed by atoms with van der Waals surface area (Å²) in [5, 5.41) is 6.05. The second kappa shape index (κ2) is 9.23. The monoisotopic (exact) mass is 442 g/mol. The number of methoxy groups -OCH3 is 2. The van der Waals surface area contributed by atoms with Gasteiger partial charge in [-0.25, -0.2) is 5.43 Å². The number of ether oxygens (including phenoxy) is 3. The summed E-state index contributed by atoms with van der Waals surface area (Å²) in [5.41, 5.74) is 3.20. The maximum atomic E-state index is 12.0. The third-order valence-corrected chi connectivity index (χ3v) is 4.82. The number of halogens is 1. The van der Waals surface area contributed by atoms with E-state index in [0.717, 1.165) is 20.8 Å². The van der Waals surface area contributed by atoms with E-state index in [1.54, 1.807) is 32.4 Å². The summed E-state index contributed by atoms with van der Waals surface area (Å²) >= 11 is 3.53. The molecule has 0 atom stereocenters. The standard InChI is InChI=1S/C21H19BrN2O4/c1-26-17-9-7-14(11-19(17)27-2)12-23-24-20(25)13-28-18-10-8-15-5-3-4-6-16(15)21(18)22/h3-12H,13H2,1-2H3,(H,24,25)/b23-12-. The summed E-state index contributed by atoms with van der Waals surface area (Å²) in [6.45, 7) is -0.153. The molecule has 0 aliphatic carbocycles. The first kappa shape index (κ1) is 19.7. The molecule has 0 saturated heterocycles. The third kappa shape index (κ3) is 4.61. The van der Waals surface area contributed by atoms with E-state index in [-0.39, 0.29) is 12.5 Å². The fourth-order valence-corrected chi connectivity index (χ4v) is 3.22. The van der Waals surface area contributed by atoms with Crippen LogP contribution in [0.5, 0.6) is 17.2 Å². The lowest BCUT2D eigenvalue weighted by Crippen LogP contribution is -2.24. The van der Waals surface area contributed by atoms with Crippen molar-refractivity contribution < 1.29 is 19.0 Å². The SMILES string of the molecule is COc1ccc(/C=N\NC(=O)COc2ccc3ccccc3c2Br)cc1OC. The van der Waals surface area contributed by atoms with Gasteiger partial charge in [-0.15, -0.1) is 0 Å². The van der Waals surface area contributed by atoms with Crippen LogP contribution >= 0.6 is 15.9 Å². The van der Waals surface area contributed by atoms with E-state index < -0.39 is 0 Å². The Kier molecular flexibility index (Phi) is 6.49. The van der Waals surface area contributed by atoms with Crippen molar-refractivity contribution in [3.05, 3.63) is 64.6 Å². The molecule has 3 aromatic carbocycles. The summed E-state index contributed by atoms with van der Waals surface area (Å²) in [7, 11) is 3.13. The number of fused-ring (bicyclic) bond motifs is 1. The number of carbonyl (C=O) groups excluding carboxylic acids is 1. The van der Waals surface area contributed by atoms with Gasteiger partial charge in [0, 0.05) is 0 Å². The van der Waals surface area contributed by atoms with Crippen molar-refractivity contribution in [3.63, 3.8) is 0 Å². The summed E-state index contributed by atoms with van der Waals surface area (Å²) < 4.78 is 16.8. The number of hydrogen-bond acceptors (Lipinski definition) is 5. The molecule has 0 bridgehead atoms. The molecule has 28 heavy (non-hydrogen) atoms. The zero-order valence-corrected chi connectivity index (χ0v) is 17.0. The van der Waals surface area contributed by atoms with Gasteiger partial charge in [0.15, 0.2) is 18.1 Å². The van der Waals surface area contributed by atoms with Crippen molar-refractivity contribution in [1.29, 1.82) is 0 Å². The van der Waals surface area contributed by atoms with Gasteiger partial charge in [-0.1, -0.05) is 30.3 Å². The average Bonchev–Trinajstić information content (AvgIpc) is 2.73. The fraction of sp³-hybridized carbons (Fsp3) is 0.143. The predicted octanol–water partition coefficient (Wildman–Crippen LogP) is 4.15. The van der Waals surface area contributed by atoms with Crippen LogP contribution in [0.15, 0.2) is 64.2 Å². The fourth-order valence-electron chi connectivity index (χ4n) is 2.61. The van der Waals surface area contributed by atoms with Crippen LogP contribution in [-0.2, 0) is 4.79 Å². The molecule has 0 aliphatic heterocycles. The first-order chi connectivity index (χ1) is 13.6. The van der Waals surface area contributed by atoms with Crippen molar-refractivity contribution >= 4 is 38.8 Å². The van der Waals surface area contributed by atoms with Gasteiger partial charge in [0.05, 0.1) is 24.9 Å². The van der Waals surface area contributed by atoms with E-state index in [9.17, 15) is 4.79 Å². The van der Waals surface area contributed by atoms with E-state index >= 15 is 0 Å². The van der Waals surface area contributed by atoms with Crippen molar-refractivity contribution in [1.82, 2.24) is 5.43 Å². The molecule has 0 fully saturated rings. The Balaban J connectivity index is 1.58.